The third-order valence-corrected chi connectivity index (χ3v) is 4.08. The lowest BCUT2D eigenvalue weighted by molar-refractivity contribution is 0.253. The van der Waals surface area contributed by atoms with Crippen LogP contribution < -0.4 is 15.6 Å². The molecule has 126 valence electrons. The largest absolute Gasteiger partial charge is 0.476 e. The van der Waals surface area contributed by atoms with Crippen LogP contribution in [0.1, 0.15) is 5.56 Å². The molecule has 3 rings (SSSR count). The Morgan fingerprint density at radius 1 is 1.29 bits per heavy atom. The molecule has 3 aromatic heterocycles. The highest BCUT2D eigenvalue weighted by atomic mass is 32.1. The van der Waals surface area contributed by atoms with Gasteiger partial charge in [-0.2, -0.15) is 4.52 Å². The first-order chi connectivity index (χ1) is 11.6. The van der Waals surface area contributed by atoms with Crippen LogP contribution in [-0.4, -0.2) is 51.7 Å². The molecule has 24 heavy (non-hydrogen) atoms. The number of pyridine rings is 1. The number of likely N-dealkylation sites (N-methyl/N-ethyl adjacent to an activating group) is 1. The van der Waals surface area contributed by atoms with E-state index in [4.69, 9.17) is 4.74 Å². The van der Waals surface area contributed by atoms with Crippen LogP contribution in [0.4, 0.5) is 5.13 Å². The minimum Gasteiger partial charge on any atom is -0.476 e. The van der Waals surface area contributed by atoms with E-state index >= 15 is 0 Å². The van der Waals surface area contributed by atoms with Gasteiger partial charge in [0.1, 0.15) is 6.61 Å². The standard InChI is InChI=1S/C15H18N6O2S/c1-20(2)7-8-23-12-9-11(3-5-16-12)10-18-14-19-21-13(22)4-6-17-15(21)24-14/h3-6,9H,7-8,10H2,1-2H3,(H,18,19). The molecule has 0 amide bonds. The van der Waals surface area contributed by atoms with Gasteiger partial charge >= 0.3 is 0 Å². The van der Waals surface area contributed by atoms with Crippen LogP contribution in [0.3, 0.4) is 0 Å². The maximum atomic E-state index is 11.7. The van der Waals surface area contributed by atoms with Crippen molar-refractivity contribution in [1.29, 1.82) is 0 Å². The predicted molar refractivity (Wildman–Crippen MR) is 92.7 cm³/mol. The molecule has 8 nitrogen and oxygen atoms in total. The van der Waals surface area contributed by atoms with Gasteiger partial charge in [0.2, 0.25) is 16.0 Å². The van der Waals surface area contributed by atoms with Gasteiger partial charge in [-0.1, -0.05) is 11.3 Å². The van der Waals surface area contributed by atoms with E-state index in [9.17, 15) is 4.79 Å². The molecular weight excluding hydrogens is 328 g/mol. The molecule has 0 spiro atoms. The van der Waals surface area contributed by atoms with Gasteiger partial charge in [-0.15, -0.1) is 5.10 Å². The van der Waals surface area contributed by atoms with Gasteiger partial charge in [0, 0.05) is 37.6 Å². The number of nitrogens with one attached hydrogen (secondary N) is 1. The van der Waals surface area contributed by atoms with E-state index in [1.807, 2.05) is 26.2 Å². The van der Waals surface area contributed by atoms with Crippen LogP contribution in [0.5, 0.6) is 5.88 Å². The van der Waals surface area contributed by atoms with Crippen LogP contribution in [0.2, 0.25) is 0 Å². The first-order valence-electron chi connectivity index (χ1n) is 7.43. The van der Waals surface area contributed by atoms with Crippen molar-refractivity contribution in [3.63, 3.8) is 0 Å². The molecule has 0 saturated heterocycles. The SMILES string of the molecule is CN(C)CCOc1cc(CNc2nn3c(=O)ccnc3s2)ccn1. The number of aromatic nitrogens is 4. The van der Waals surface area contributed by atoms with E-state index in [1.54, 1.807) is 6.20 Å². The van der Waals surface area contributed by atoms with E-state index < -0.39 is 0 Å². The number of rotatable bonds is 7. The van der Waals surface area contributed by atoms with Crippen molar-refractivity contribution in [2.24, 2.45) is 0 Å². The summed E-state index contributed by atoms with van der Waals surface area (Å²) in [6.45, 7) is 1.97. The van der Waals surface area contributed by atoms with Crippen LogP contribution in [0, 0.1) is 0 Å². The molecule has 0 aromatic carbocycles. The zero-order chi connectivity index (χ0) is 16.9. The summed E-state index contributed by atoms with van der Waals surface area (Å²) in [6.07, 6.45) is 3.20. The molecular formula is C15H18N6O2S. The van der Waals surface area contributed by atoms with E-state index in [1.165, 1.54) is 28.1 Å². The lowest BCUT2D eigenvalue weighted by Crippen LogP contribution is -2.19. The van der Waals surface area contributed by atoms with E-state index in [0.29, 0.717) is 29.1 Å². The van der Waals surface area contributed by atoms with Crippen LogP contribution in [-0.2, 0) is 6.54 Å². The maximum Gasteiger partial charge on any atom is 0.275 e. The summed E-state index contributed by atoms with van der Waals surface area (Å²) in [6, 6.07) is 5.18. The van der Waals surface area contributed by atoms with Crippen molar-refractivity contribution >= 4 is 21.4 Å². The summed E-state index contributed by atoms with van der Waals surface area (Å²) in [5.41, 5.74) is 0.828. The van der Waals surface area contributed by atoms with Gasteiger partial charge in [0.15, 0.2) is 0 Å². The van der Waals surface area contributed by atoms with Gasteiger partial charge in [0.05, 0.1) is 0 Å². The third-order valence-electron chi connectivity index (χ3n) is 3.20. The Bertz CT molecular complexity index is 876. The average Bonchev–Trinajstić information content (AvgIpc) is 2.98. The van der Waals surface area contributed by atoms with Gasteiger partial charge in [-0.3, -0.25) is 4.79 Å². The summed E-state index contributed by atoms with van der Waals surface area (Å²) in [5.74, 6) is 0.596. The number of nitrogens with zero attached hydrogens (tertiary/aromatic N) is 5. The van der Waals surface area contributed by atoms with Crippen molar-refractivity contribution < 1.29 is 4.74 Å². The molecule has 0 unspecified atom stereocenters. The zero-order valence-electron chi connectivity index (χ0n) is 13.5. The van der Waals surface area contributed by atoms with Gasteiger partial charge in [0.25, 0.3) is 5.56 Å². The number of ether oxygens (including phenoxy) is 1. The Balaban J connectivity index is 1.63. The molecule has 0 bridgehead atoms. The summed E-state index contributed by atoms with van der Waals surface area (Å²) in [7, 11) is 3.99. The fourth-order valence-corrected chi connectivity index (χ4v) is 2.74. The van der Waals surface area contributed by atoms with Crippen LogP contribution >= 0.6 is 11.3 Å². The van der Waals surface area contributed by atoms with Crippen molar-refractivity contribution in [1.82, 2.24) is 24.5 Å². The second kappa shape index (κ2) is 7.37. The predicted octanol–water partition coefficient (Wildman–Crippen LogP) is 1.10. The molecule has 0 aliphatic heterocycles. The summed E-state index contributed by atoms with van der Waals surface area (Å²) >= 11 is 1.33. The Labute approximate surface area is 142 Å². The maximum absolute atomic E-state index is 11.7. The highest BCUT2D eigenvalue weighted by molar-refractivity contribution is 7.20. The Hall–Kier alpha value is -2.52. The molecule has 0 radical (unpaired) electrons. The Kier molecular flexibility index (Phi) is 5.02. The fraction of sp³-hybridized carbons (Fsp3) is 0.333. The quantitative estimate of drug-likeness (QED) is 0.686. The number of hydrogen-bond acceptors (Lipinski definition) is 8. The molecule has 0 aliphatic rings. The highest BCUT2D eigenvalue weighted by Gasteiger charge is 2.06. The van der Waals surface area contributed by atoms with Gasteiger partial charge in [-0.05, 0) is 25.7 Å². The monoisotopic (exact) mass is 346 g/mol. The summed E-state index contributed by atoms with van der Waals surface area (Å²) < 4.78 is 6.91. The van der Waals surface area contributed by atoms with Crippen molar-refractivity contribution in [3.05, 3.63) is 46.5 Å². The normalized spacial score (nSPS) is 11.1. The van der Waals surface area contributed by atoms with Crippen molar-refractivity contribution in [2.75, 3.05) is 32.6 Å². The second-order valence-corrected chi connectivity index (χ2v) is 6.35. The highest BCUT2D eigenvalue weighted by Crippen LogP contribution is 2.17. The molecule has 0 saturated carbocycles. The van der Waals surface area contributed by atoms with Crippen molar-refractivity contribution in [3.8, 4) is 5.88 Å². The Morgan fingerprint density at radius 3 is 2.92 bits per heavy atom. The average molecular weight is 346 g/mol. The molecule has 3 heterocycles. The van der Waals surface area contributed by atoms with E-state index in [-0.39, 0.29) is 5.56 Å². The number of anilines is 1. The molecule has 0 atom stereocenters. The van der Waals surface area contributed by atoms with Gasteiger partial charge < -0.3 is 15.0 Å². The molecule has 3 aromatic rings. The van der Waals surface area contributed by atoms with Crippen LogP contribution in [0.25, 0.3) is 4.96 Å². The molecule has 1 N–H and O–H groups in total. The molecule has 0 aliphatic carbocycles. The first-order valence-corrected chi connectivity index (χ1v) is 8.25. The van der Waals surface area contributed by atoms with E-state index in [2.05, 4.69) is 25.3 Å². The summed E-state index contributed by atoms with van der Waals surface area (Å²) in [4.78, 5) is 22.6. The van der Waals surface area contributed by atoms with Gasteiger partial charge in [-0.25, -0.2) is 9.97 Å². The van der Waals surface area contributed by atoms with E-state index in [0.717, 1.165) is 12.1 Å². The lowest BCUT2D eigenvalue weighted by atomic mass is 10.2. The summed E-state index contributed by atoms with van der Waals surface area (Å²) in [5, 5.41) is 8.05. The molecule has 9 heteroatoms. The number of fused-ring (bicyclic) bond motifs is 1. The minimum atomic E-state index is -0.190. The third kappa shape index (κ3) is 4.06. The topological polar surface area (TPSA) is 84.6 Å². The molecule has 0 fully saturated rings. The zero-order valence-corrected chi connectivity index (χ0v) is 14.3. The number of hydrogen-bond donors (Lipinski definition) is 1. The fourth-order valence-electron chi connectivity index (χ4n) is 1.96. The minimum absolute atomic E-state index is 0.190. The Morgan fingerprint density at radius 2 is 2.12 bits per heavy atom. The van der Waals surface area contributed by atoms with Crippen molar-refractivity contribution in [2.45, 2.75) is 6.54 Å². The lowest BCUT2D eigenvalue weighted by Gasteiger charge is -2.11. The smallest absolute Gasteiger partial charge is 0.275 e. The first kappa shape index (κ1) is 16.3. The van der Waals surface area contributed by atoms with Crippen LogP contribution in [0.15, 0.2) is 35.4 Å². The second-order valence-electron chi connectivity index (χ2n) is 5.39.